The van der Waals surface area contributed by atoms with E-state index in [1.807, 2.05) is 13.8 Å². The molecule has 0 radical (unpaired) electrons. The predicted molar refractivity (Wildman–Crippen MR) is 117 cm³/mol. The van der Waals surface area contributed by atoms with Gasteiger partial charge in [-0.25, -0.2) is 4.79 Å². The molecule has 7 nitrogen and oxygen atoms in total. The molecule has 166 valence electrons. The monoisotopic (exact) mass is 426 g/mol. The van der Waals surface area contributed by atoms with E-state index in [0.29, 0.717) is 40.4 Å². The second kappa shape index (κ2) is 8.96. The zero-order chi connectivity index (χ0) is 22.9. The molecule has 0 aliphatic heterocycles. The molecule has 1 fully saturated rings. The van der Waals surface area contributed by atoms with Crippen LogP contribution < -0.4 is 4.74 Å². The second-order valence-electron chi connectivity index (χ2n) is 7.89. The van der Waals surface area contributed by atoms with Gasteiger partial charge in [0.25, 0.3) is 5.91 Å². The number of nitrogens with zero attached hydrogens (tertiary/aromatic N) is 2. The summed E-state index contributed by atoms with van der Waals surface area (Å²) >= 11 is 0. The fraction of sp³-hybridized carbons (Fsp3) is 0.458. The summed E-state index contributed by atoms with van der Waals surface area (Å²) < 4.78 is 12.0. The molecule has 31 heavy (non-hydrogen) atoms. The van der Waals surface area contributed by atoms with Gasteiger partial charge in [-0.2, -0.15) is 0 Å². The number of rotatable bonds is 8. The van der Waals surface area contributed by atoms with Gasteiger partial charge in [0.05, 0.1) is 20.3 Å². The first-order valence-corrected chi connectivity index (χ1v) is 10.6. The summed E-state index contributed by atoms with van der Waals surface area (Å²) in [4.78, 5) is 41.0. The van der Waals surface area contributed by atoms with Crippen molar-refractivity contribution >= 4 is 17.7 Å². The Balaban J connectivity index is 1.99. The van der Waals surface area contributed by atoms with Crippen molar-refractivity contribution in [3.8, 4) is 5.75 Å². The number of aromatic nitrogens is 1. The number of hydrogen-bond acceptors (Lipinski definition) is 5. The molecule has 1 aliphatic rings. The number of hydrogen-bond donors (Lipinski definition) is 0. The fourth-order valence-corrected chi connectivity index (χ4v) is 4.26. The number of carbonyl (C=O) groups is 3. The number of methoxy groups -OCH3 is 2. The van der Waals surface area contributed by atoms with Crippen molar-refractivity contribution in [2.24, 2.45) is 0 Å². The van der Waals surface area contributed by atoms with Crippen LogP contribution in [-0.2, 0) is 11.3 Å². The SMILES string of the molecule is CCn1c(C)c(C(=O)[C@@H](C)N(C(=O)c2cccc(OC)c2)C2CC2)c(C)c1C(=O)OC. The molecule has 3 rings (SSSR count). The molecule has 2 aromatic rings. The number of amides is 1. The lowest BCUT2D eigenvalue weighted by atomic mass is 9.99. The Morgan fingerprint density at radius 2 is 1.87 bits per heavy atom. The van der Waals surface area contributed by atoms with Gasteiger partial charge in [0, 0.05) is 29.4 Å². The number of carbonyl (C=O) groups excluding carboxylic acids is 3. The summed E-state index contributed by atoms with van der Waals surface area (Å²) in [6, 6.07) is 6.34. The van der Waals surface area contributed by atoms with Gasteiger partial charge in [-0.05, 0) is 64.3 Å². The van der Waals surface area contributed by atoms with Crippen LogP contribution in [0.25, 0.3) is 0 Å². The summed E-state index contributed by atoms with van der Waals surface area (Å²) in [5, 5.41) is 0. The summed E-state index contributed by atoms with van der Waals surface area (Å²) in [7, 11) is 2.88. The first-order valence-electron chi connectivity index (χ1n) is 10.6. The van der Waals surface area contributed by atoms with Gasteiger partial charge < -0.3 is 18.9 Å². The molecule has 1 aromatic carbocycles. The molecule has 1 saturated carbocycles. The minimum absolute atomic E-state index is 0.0339. The van der Waals surface area contributed by atoms with Gasteiger partial charge >= 0.3 is 5.97 Å². The minimum atomic E-state index is -0.665. The molecule has 0 saturated heterocycles. The van der Waals surface area contributed by atoms with Gasteiger partial charge in [-0.3, -0.25) is 9.59 Å². The minimum Gasteiger partial charge on any atom is -0.497 e. The smallest absolute Gasteiger partial charge is 0.354 e. The molecular weight excluding hydrogens is 396 g/mol. The normalized spacial score (nSPS) is 14.1. The molecule has 0 bridgehead atoms. The number of benzene rings is 1. The lowest BCUT2D eigenvalue weighted by Gasteiger charge is -2.29. The zero-order valence-electron chi connectivity index (χ0n) is 19.0. The van der Waals surface area contributed by atoms with Crippen LogP contribution in [0.3, 0.4) is 0 Å². The highest BCUT2D eigenvalue weighted by Gasteiger charge is 2.40. The van der Waals surface area contributed by atoms with Crippen LogP contribution in [0.4, 0.5) is 0 Å². The van der Waals surface area contributed by atoms with E-state index >= 15 is 0 Å². The summed E-state index contributed by atoms with van der Waals surface area (Å²) in [5.74, 6) is -0.244. The van der Waals surface area contributed by atoms with E-state index in [0.717, 1.165) is 12.8 Å². The molecule has 0 spiro atoms. The first-order chi connectivity index (χ1) is 14.8. The third-order valence-corrected chi connectivity index (χ3v) is 6.00. The molecule has 1 heterocycles. The Morgan fingerprint density at radius 1 is 1.19 bits per heavy atom. The van der Waals surface area contributed by atoms with E-state index in [9.17, 15) is 14.4 Å². The van der Waals surface area contributed by atoms with Crippen molar-refractivity contribution in [2.45, 2.75) is 59.2 Å². The van der Waals surface area contributed by atoms with E-state index in [1.54, 1.807) is 54.7 Å². The second-order valence-corrected chi connectivity index (χ2v) is 7.89. The number of esters is 1. The van der Waals surface area contributed by atoms with Gasteiger partial charge in [0.15, 0.2) is 5.78 Å². The maximum Gasteiger partial charge on any atom is 0.354 e. The Bertz CT molecular complexity index is 1020. The third-order valence-electron chi connectivity index (χ3n) is 6.00. The van der Waals surface area contributed by atoms with Crippen LogP contribution in [0, 0.1) is 13.8 Å². The van der Waals surface area contributed by atoms with Crippen LogP contribution >= 0.6 is 0 Å². The van der Waals surface area contributed by atoms with Crippen molar-refractivity contribution in [1.29, 1.82) is 0 Å². The molecule has 1 aliphatic carbocycles. The maximum atomic E-state index is 13.6. The van der Waals surface area contributed by atoms with E-state index < -0.39 is 12.0 Å². The summed E-state index contributed by atoms with van der Waals surface area (Å²) in [6.07, 6.45) is 1.74. The lowest BCUT2D eigenvalue weighted by molar-refractivity contribution is 0.0586. The molecule has 1 amide bonds. The summed E-state index contributed by atoms with van der Waals surface area (Å²) in [5.41, 5.74) is 2.66. The van der Waals surface area contributed by atoms with Gasteiger partial charge in [-0.1, -0.05) is 6.07 Å². The Morgan fingerprint density at radius 3 is 2.42 bits per heavy atom. The van der Waals surface area contributed by atoms with Gasteiger partial charge in [-0.15, -0.1) is 0 Å². The molecule has 0 unspecified atom stereocenters. The number of ketones is 1. The third kappa shape index (κ3) is 4.09. The molecular formula is C24H30N2O5. The maximum absolute atomic E-state index is 13.6. The molecule has 7 heteroatoms. The van der Waals surface area contributed by atoms with E-state index in [2.05, 4.69) is 0 Å². The average Bonchev–Trinajstić information content (AvgIpc) is 3.57. The Kier molecular flexibility index (Phi) is 6.53. The highest BCUT2D eigenvalue weighted by atomic mass is 16.5. The Hall–Kier alpha value is -3.09. The standard InChI is InChI=1S/C24H30N2O5/c1-7-25-15(3)20(14(2)21(25)24(29)31-6)22(27)16(4)26(18-11-12-18)23(28)17-9-8-10-19(13-17)30-5/h8-10,13,16,18H,7,11-12H2,1-6H3/t16-/m1/s1. The van der Waals surface area contributed by atoms with Crippen LogP contribution in [0.2, 0.25) is 0 Å². The van der Waals surface area contributed by atoms with Crippen LogP contribution in [0.15, 0.2) is 24.3 Å². The fourth-order valence-electron chi connectivity index (χ4n) is 4.26. The number of ether oxygens (including phenoxy) is 2. The zero-order valence-corrected chi connectivity index (χ0v) is 19.0. The van der Waals surface area contributed by atoms with Crippen LogP contribution in [-0.4, -0.2) is 53.4 Å². The van der Waals surface area contributed by atoms with Gasteiger partial charge in [0.2, 0.25) is 0 Å². The Labute approximate surface area is 182 Å². The van der Waals surface area contributed by atoms with Crippen molar-refractivity contribution in [2.75, 3.05) is 14.2 Å². The highest BCUT2D eigenvalue weighted by Crippen LogP contribution is 2.33. The lowest BCUT2D eigenvalue weighted by Crippen LogP contribution is -2.45. The van der Waals surface area contributed by atoms with E-state index in [1.165, 1.54) is 7.11 Å². The van der Waals surface area contributed by atoms with E-state index in [-0.39, 0.29) is 17.7 Å². The first kappa shape index (κ1) is 22.6. The van der Waals surface area contributed by atoms with Crippen molar-refractivity contribution in [3.05, 3.63) is 52.3 Å². The molecule has 1 atom stereocenters. The van der Waals surface area contributed by atoms with Crippen molar-refractivity contribution < 1.29 is 23.9 Å². The van der Waals surface area contributed by atoms with Gasteiger partial charge in [0.1, 0.15) is 11.4 Å². The van der Waals surface area contributed by atoms with E-state index in [4.69, 9.17) is 9.47 Å². The predicted octanol–water partition coefficient (Wildman–Crippen LogP) is 3.80. The molecule has 0 N–H and O–H groups in total. The quantitative estimate of drug-likeness (QED) is 0.474. The van der Waals surface area contributed by atoms with Crippen molar-refractivity contribution in [1.82, 2.24) is 9.47 Å². The van der Waals surface area contributed by atoms with Crippen LogP contribution in [0.5, 0.6) is 5.75 Å². The molecule has 1 aromatic heterocycles. The topological polar surface area (TPSA) is 77.8 Å². The average molecular weight is 427 g/mol. The highest BCUT2D eigenvalue weighted by molar-refractivity contribution is 6.07. The largest absolute Gasteiger partial charge is 0.497 e. The van der Waals surface area contributed by atoms with Crippen LogP contribution in [0.1, 0.15) is 69.2 Å². The number of Topliss-reactive ketones (excluding diaryl/α,β-unsaturated/α-hetero) is 1. The van der Waals surface area contributed by atoms with Crippen molar-refractivity contribution in [3.63, 3.8) is 0 Å². The summed E-state index contributed by atoms with van der Waals surface area (Å²) in [6.45, 7) is 7.80.